The molecule has 2 heterocycles. The van der Waals surface area contributed by atoms with E-state index in [1.54, 1.807) is 0 Å². The number of nitrogens with zero attached hydrogens (tertiary/aromatic N) is 6. The third-order valence-electron chi connectivity index (χ3n) is 8.51. The molecule has 0 spiro atoms. The van der Waals surface area contributed by atoms with E-state index in [-0.39, 0.29) is 25.5 Å². The van der Waals surface area contributed by atoms with Gasteiger partial charge in [0.1, 0.15) is 0 Å². The van der Waals surface area contributed by atoms with Crippen molar-refractivity contribution in [1.29, 1.82) is 0 Å². The lowest BCUT2D eigenvalue weighted by atomic mass is 10.0. The van der Waals surface area contributed by atoms with Crippen molar-refractivity contribution in [3.8, 4) is 0 Å². The van der Waals surface area contributed by atoms with E-state index in [1.165, 1.54) is 16.7 Å². The highest BCUT2D eigenvalue weighted by atomic mass is 16.4. The number of piperazine rings is 1. The molecule has 13 heteroatoms. The smallest absolute Gasteiger partial charge is 0.317 e. The molecule has 0 aliphatic carbocycles. The Morgan fingerprint density at radius 1 is 0.571 bits per heavy atom. The Hall–Kier alpha value is -3.10. The molecule has 0 radical (unpaired) electrons. The number of amides is 1. The second-order valence-electron chi connectivity index (χ2n) is 11.7. The van der Waals surface area contributed by atoms with E-state index in [0.29, 0.717) is 58.9 Å². The Morgan fingerprint density at radius 3 is 1.24 bits per heavy atom. The number of carboxylic acid groups (broad SMARTS) is 3. The summed E-state index contributed by atoms with van der Waals surface area (Å²) in [6, 6.07) is 6.92. The van der Waals surface area contributed by atoms with Crippen LogP contribution in [0.3, 0.4) is 0 Å². The third-order valence-corrected chi connectivity index (χ3v) is 8.51. The number of carboxylic acids is 2. The van der Waals surface area contributed by atoms with Gasteiger partial charge >= 0.3 is 11.9 Å². The van der Waals surface area contributed by atoms with Crippen LogP contribution in [0.4, 0.5) is 0 Å². The first-order valence-corrected chi connectivity index (χ1v) is 18.1. The Kier molecular flexibility index (Phi) is 25.9. The lowest BCUT2D eigenvalue weighted by Gasteiger charge is -2.37. The number of carbonyl (C=O) groups excluding carboxylic acids is 1. The number of aliphatic carboxylic acids is 2. The van der Waals surface area contributed by atoms with Crippen LogP contribution in [0.15, 0.2) is 18.2 Å². The number of aryl methyl sites for hydroxylation is 2. The second-order valence-corrected chi connectivity index (χ2v) is 11.7. The fraction of sp³-hybridized carbons (Fsp3) is 0.722. The van der Waals surface area contributed by atoms with Gasteiger partial charge in [-0.25, -0.2) is 0 Å². The SMILES string of the molecule is CC.CC.CCc1cc(CC)cc(CN2CCN(C(=O)CN3CCN(CC)CCN(CC(=O)O)CCN(CC(=O)O)CC3)CC2)c1.O=CO. The fourth-order valence-corrected chi connectivity index (χ4v) is 5.80. The van der Waals surface area contributed by atoms with Crippen LogP contribution >= 0.6 is 0 Å². The highest BCUT2D eigenvalue weighted by Gasteiger charge is 2.24. The van der Waals surface area contributed by atoms with Crippen molar-refractivity contribution in [1.82, 2.24) is 29.4 Å². The van der Waals surface area contributed by atoms with E-state index in [9.17, 15) is 24.6 Å². The van der Waals surface area contributed by atoms with Crippen LogP contribution < -0.4 is 0 Å². The summed E-state index contributed by atoms with van der Waals surface area (Å²) < 4.78 is 0. The lowest BCUT2D eigenvalue weighted by Crippen LogP contribution is -2.52. The molecule has 0 unspecified atom stereocenters. The fourth-order valence-electron chi connectivity index (χ4n) is 5.80. The molecule has 0 bridgehead atoms. The number of hydrogen-bond donors (Lipinski definition) is 3. The van der Waals surface area contributed by atoms with E-state index >= 15 is 0 Å². The Balaban J connectivity index is 0.00000306. The van der Waals surface area contributed by atoms with Crippen molar-refractivity contribution in [3.63, 3.8) is 0 Å². The molecule has 2 aliphatic rings. The standard InChI is InChI=1S/C31H52N6O5.2C2H6.CH2O2/c1-4-26-19-27(5-2)21-28(20-26)22-33-15-17-37(18-16-33)29(38)23-34-9-7-32(6-3)8-10-35(24-30(39)40)13-14-36(12-11-34)25-31(41)42;2*1-2;2-1-3/h19-21H,4-18,22-25H2,1-3H3,(H,39,40)(H,41,42);2*1-2H3;1H,(H,2,3). The van der Waals surface area contributed by atoms with Crippen molar-refractivity contribution in [2.75, 3.05) is 105 Å². The maximum Gasteiger partial charge on any atom is 0.317 e. The molecule has 1 amide bonds. The summed E-state index contributed by atoms with van der Waals surface area (Å²) in [5.74, 6) is -1.66. The molecule has 3 N–H and O–H groups in total. The van der Waals surface area contributed by atoms with E-state index in [1.807, 2.05) is 42.4 Å². The zero-order valence-corrected chi connectivity index (χ0v) is 31.4. The molecular formula is C36H66N6O7. The first kappa shape index (κ1) is 45.9. The molecule has 2 saturated heterocycles. The van der Waals surface area contributed by atoms with Gasteiger partial charge < -0.3 is 25.1 Å². The van der Waals surface area contributed by atoms with Gasteiger partial charge in [0.15, 0.2) is 0 Å². The maximum absolute atomic E-state index is 13.4. The minimum Gasteiger partial charge on any atom is -0.483 e. The number of rotatable bonds is 11. The molecule has 2 fully saturated rings. The molecular weight excluding hydrogens is 628 g/mol. The minimum atomic E-state index is -0.906. The average Bonchev–Trinajstić information content (AvgIpc) is 3.10. The van der Waals surface area contributed by atoms with Gasteiger partial charge in [-0.05, 0) is 36.1 Å². The summed E-state index contributed by atoms with van der Waals surface area (Å²) in [7, 11) is 0. The first-order valence-electron chi connectivity index (χ1n) is 18.1. The summed E-state index contributed by atoms with van der Waals surface area (Å²) in [4.78, 5) is 57.3. The largest absolute Gasteiger partial charge is 0.483 e. The van der Waals surface area contributed by atoms with Gasteiger partial charge in [0, 0.05) is 85.1 Å². The van der Waals surface area contributed by atoms with Gasteiger partial charge in [0.25, 0.3) is 6.47 Å². The molecule has 282 valence electrons. The molecule has 0 saturated carbocycles. The molecule has 2 aliphatic heterocycles. The highest BCUT2D eigenvalue weighted by Crippen LogP contribution is 2.15. The highest BCUT2D eigenvalue weighted by molar-refractivity contribution is 5.78. The van der Waals surface area contributed by atoms with Crippen LogP contribution in [-0.4, -0.2) is 174 Å². The van der Waals surface area contributed by atoms with Crippen LogP contribution in [0.2, 0.25) is 0 Å². The summed E-state index contributed by atoms with van der Waals surface area (Å²) in [5, 5.41) is 25.7. The topological polar surface area (TPSA) is 148 Å². The first-order chi connectivity index (χ1) is 23.6. The predicted molar refractivity (Wildman–Crippen MR) is 195 cm³/mol. The van der Waals surface area contributed by atoms with E-state index in [0.717, 1.165) is 52.1 Å². The van der Waals surface area contributed by atoms with Crippen molar-refractivity contribution in [3.05, 3.63) is 34.9 Å². The lowest BCUT2D eigenvalue weighted by molar-refractivity contribution is -0.140. The van der Waals surface area contributed by atoms with E-state index < -0.39 is 11.9 Å². The molecule has 3 rings (SSSR count). The van der Waals surface area contributed by atoms with Crippen molar-refractivity contribution >= 4 is 24.3 Å². The molecule has 0 atom stereocenters. The zero-order chi connectivity index (χ0) is 37.2. The van der Waals surface area contributed by atoms with Crippen molar-refractivity contribution < 1.29 is 34.5 Å². The van der Waals surface area contributed by atoms with Crippen LogP contribution in [0.5, 0.6) is 0 Å². The number of carbonyl (C=O) groups is 4. The average molecular weight is 695 g/mol. The van der Waals surface area contributed by atoms with Crippen LogP contribution in [0, 0.1) is 0 Å². The molecule has 49 heavy (non-hydrogen) atoms. The second kappa shape index (κ2) is 27.7. The zero-order valence-electron chi connectivity index (χ0n) is 31.4. The van der Waals surface area contributed by atoms with Gasteiger partial charge in [-0.2, -0.15) is 0 Å². The number of benzene rings is 1. The number of likely N-dealkylation sites (N-methyl/N-ethyl adjacent to an activating group) is 1. The monoisotopic (exact) mass is 694 g/mol. The molecule has 1 aromatic carbocycles. The van der Waals surface area contributed by atoms with Crippen LogP contribution in [-0.2, 0) is 38.6 Å². The van der Waals surface area contributed by atoms with Crippen LogP contribution in [0.1, 0.15) is 65.2 Å². The van der Waals surface area contributed by atoms with Gasteiger partial charge in [-0.1, -0.05) is 66.7 Å². The summed E-state index contributed by atoms with van der Waals surface area (Å²) in [5.41, 5.74) is 4.11. The van der Waals surface area contributed by atoms with Gasteiger partial charge in [0.2, 0.25) is 5.91 Å². The quantitative estimate of drug-likeness (QED) is 0.293. The third kappa shape index (κ3) is 19.6. The van der Waals surface area contributed by atoms with Crippen LogP contribution in [0.25, 0.3) is 0 Å². The summed E-state index contributed by atoms with van der Waals surface area (Å²) >= 11 is 0. The van der Waals surface area contributed by atoms with Gasteiger partial charge in [-0.15, -0.1) is 0 Å². The summed E-state index contributed by atoms with van der Waals surface area (Å²) in [6.45, 7) is 24.1. The van der Waals surface area contributed by atoms with Crippen molar-refractivity contribution in [2.24, 2.45) is 0 Å². The summed E-state index contributed by atoms with van der Waals surface area (Å²) in [6.07, 6.45) is 2.07. The van der Waals surface area contributed by atoms with Gasteiger partial charge in [-0.3, -0.25) is 38.8 Å². The molecule has 13 nitrogen and oxygen atoms in total. The minimum absolute atomic E-state index is 0.0583. The Labute approximate surface area is 295 Å². The normalized spacial score (nSPS) is 17.4. The van der Waals surface area contributed by atoms with E-state index in [2.05, 4.69) is 53.7 Å². The Morgan fingerprint density at radius 2 is 0.898 bits per heavy atom. The molecule has 0 aromatic heterocycles. The van der Waals surface area contributed by atoms with Crippen molar-refractivity contribution in [2.45, 2.75) is 67.9 Å². The number of hydrogen-bond acceptors (Lipinski definition) is 9. The predicted octanol–water partition coefficient (Wildman–Crippen LogP) is 2.62. The van der Waals surface area contributed by atoms with E-state index in [4.69, 9.17) is 9.90 Å². The molecule has 1 aromatic rings. The van der Waals surface area contributed by atoms with Gasteiger partial charge in [0.05, 0.1) is 19.6 Å². The maximum atomic E-state index is 13.4. The Bertz CT molecular complexity index is 1050.